The van der Waals surface area contributed by atoms with E-state index in [2.05, 4.69) is 26.6 Å². The summed E-state index contributed by atoms with van der Waals surface area (Å²) >= 11 is 3.37. The Morgan fingerprint density at radius 1 is 1.12 bits per heavy atom. The van der Waals surface area contributed by atoms with Crippen LogP contribution in [0.3, 0.4) is 0 Å². The number of halogens is 1. The number of urea groups is 1. The van der Waals surface area contributed by atoms with Crippen LogP contribution in [0, 0.1) is 0 Å². The normalized spacial score (nSPS) is 14.9. The first-order valence-electron chi connectivity index (χ1n) is 7.53. The molecule has 1 aromatic carbocycles. The molecule has 1 heterocycles. The average molecular weight is 413 g/mol. The summed E-state index contributed by atoms with van der Waals surface area (Å²) in [6.45, 7) is 3.91. The van der Waals surface area contributed by atoms with Crippen molar-refractivity contribution in [3.63, 3.8) is 0 Å². The Kier molecular flexibility index (Phi) is 6.40. The van der Waals surface area contributed by atoms with Crippen molar-refractivity contribution < 1.29 is 28.6 Å². The van der Waals surface area contributed by atoms with E-state index in [1.165, 1.54) is 6.08 Å². The summed E-state index contributed by atoms with van der Waals surface area (Å²) in [6, 6.07) is 2.68. The third-order valence-electron chi connectivity index (χ3n) is 3.03. The molecule has 1 aliphatic rings. The average Bonchev–Trinajstić information content (AvgIpc) is 2.87. The van der Waals surface area contributed by atoms with E-state index in [4.69, 9.17) is 14.2 Å². The molecule has 9 heteroatoms. The largest absolute Gasteiger partial charge is 0.490 e. The molecule has 0 aromatic heterocycles. The number of rotatable bonds is 7. The molecule has 0 spiro atoms. The fourth-order valence-corrected chi connectivity index (χ4v) is 2.46. The van der Waals surface area contributed by atoms with E-state index in [0.717, 1.165) is 0 Å². The van der Waals surface area contributed by atoms with Crippen molar-refractivity contribution in [3.8, 4) is 11.5 Å². The molecule has 1 aromatic rings. The van der Waals surface area contributed by atoms with Gasteiger partial charge in [0.1, 0.15) is 5.70 Å². The molecule has 1 aliphatic heterocycles. The lowest BCUT2D eigenvalue weighted by Crippen LogP contribution is -2.22. The minimum atomic E-state index is -0.577. The van der Waals surface area contributed by atoms with Crippen LogP contribution in [0.25, 0.3) is 6.08 Å². The maximum atomic E-state index is 11.6. The fraction of sp³-hybridized carbons (Fsp3) is 0.312. The van der Waals surface area contributed by atoms with Gasteiger partial charge in [0.05, 0.1) is 13.2 Å². The molecule has 8 nitrogen and oxygen atoms in total. The summed E-state index contributed by atoms with van der Waals surface area (Å²) in [4.78, 5) is 34.3. The van der Waals surface area contributed by atoms with Gasteiger partial charge in [0, 0.05) is 4.47 Å². The van der Waals surface area contributed by atoms with Gasteiger partial charge < -0.3 is 19.5 Å². The predicted octanol–water partition coefficient (Wildman–Crippen LogP) is 1.97. The third kappa shape index (κ3) is 4.96. The quantitative estimate of drug-likeness (QED) is 0.403. The Hall–Kier alpha value is -2.55. The number of amides is 3. The summed E-state index contributed by atoms with van der Waals surface area (Å²) in [5.41, 5.74) is 0.715. The first kappa shape index (κ1) is 18.8. The molecule has 1 fully saturated rings. The SMILES string of the molecule is CCOC(=O)COc1cc(Br)c(/C=C2/NC(=O)NC2=O)cc1OCC. The van der Waals surface area contributed by atoms with E-state index in [1.54, 1.807) is 26.0 Å². The number of ether oxygens (including phenoxy) is 3. The zero-order valence-corrected chi connectivity index (χ0v) is 15.3. The molecule has 0 atom stereocenters. The Labute approximate surface area is 152 Å². The maximum Gasteiger partial charge on any atom is 0.344 e. The highest BCUT2D eigenvalue weighted by Gasteiger charge is 2.23. The van der Waals surface area contributed by atoms with Crippen molar-refractivity contribution in [2.75, 3.05) is 19.8 Å². The van der Waals surface area contributed by atoms with E-state index in [9.17, 15) is 14.4 Å². The minimum absolute atomic E-state index is 0.119. The summed E-state index contributed by atoms with van der Waals surface area (Å²) < 4.78 is 16.4. The van der Waals surface area contributed by atoms with Crippen molar-refractivity contribution in [1.82, 2.24) is 10.6 Å². The van der Waals surface area contributed by atoms with Crippen molar-refractivity contribution >= 4 is 39.9 Å². The Morgan fingerprint density at radius 2 is 1.84 bits per heavy atom. The Bertz CT molecular complexity index is 732. The number of hydrogen-bond acceptors (Lipinski definition) is 6. The van der Waals surface area contributed by atoms with Crippen LogP contribution in [0.1, 0.15) is 19.4 Å². The van der Waals surface area contributed by atoms with Gasteiger partial charge in [-0.25, -0.2) is 9.59 Å². The van der Waals surface area contributed by atoms with Crippen molar-refractivity contribution in [1.29, 1.82) is 0 Å². The molecule has 0 radical (unpaired) electrons. The smallest absolute Gasteiger partial charge is 0.344 e. The molecule has 25 heavy (non-hydrogen) atoms. The van der Waals surface area contributed by atoms with Gasteiger partial charge in [-0.2, -0.15) is 0 Å². The number of carbonyl (C=O) groups excluding carboxylic acids is 3. The standard InChI is InChI=1S/C16H17BrN2O6/c1-3-23-12-6-9(5-11-15(21)19-16(22)18-11)10(17)7-13(12)25-8-14(20)24-4-2/h5-7H,3-4,8H2,1-2H3,(H2,18,19,21,22)/b11-5+. The lowest BCUT2D eigenvalue weighted by molar-refractivity contribution is -0.145. The second-order valence-electron chi connectivity index (χ2n) is 4.81. The van der Waals surface area contributed by atoms with Crippen LogP contribution in [0.2, 0.25) is 0 Å². The van der Waals surface area contributed by atoms with Crippen LogP contribution in [0.4, 0.5) is 4.79 Å². The van der Waals surface area contributed by atoms with Crippen molar-refractivity contribution in [2.45, 2.75) is 13.8 Å². The van der Waals surface area contributed by atoms with Crippen LogP contribution in [0.15, 0.2) is 22.3 Å². The summed E-state index contributed by atoms with van der Waals surface area (Å²) in [7, 11) is 0. The molecular weight excluding hydrogens is 396 g/mol. The highest BCUT2D eigenvalue weighted by molar-refractivity contribution is 9.10. The predicted molar refractivity (Wildman–Crippen MR) is 92.1 cm³/mol. The summed E-state index contributed by atoms with van der Waals surface area (Å²) in [5.74, 6) is -0.259. The molecule has 2 rings (SSSR count). The van der Waals surface area contributed by atoms with Gasteiger partial charge in [-0.15, -0.1) is 0 Å². The van der Waals surface area contributed by atoms with Crippen molar-refractivity contribution in [2.24, 2.45) is 0 Å². The van der Waals surface area contributed by atoms with Crippen LogP contribution in [-0.2, 0) is 14.3 Å². The second-order valence-corrected chi connectivity index (χ2v) is 5.67. The highest BCUT2D eigenvalue weighted by Crippen LogP contribution is 2.35. The molecule has 1 saturated heterocycles. The molecule has 0 saturated carbocycles. The van der Waals surface area contributed by atoms with Gasteiger partial charge in [-0.1, -0.05) is 15.9 Å². The van der Waals surface area contributed by atoms with Crippen LogP contribution in [-0.4, -0.2) is 37.7 Å². The van der Waals surface area contributed by atoms with E-state index in [-0.39, 0.29) is 18.9 Å². The van der Waals surface area contributed by atoms with E-state index < -0.39 is 17.9 Å². The number of carbonyl (C=O) groups is 3. The topological polar surface area (TPSA) is 103 Å². The molecular formula is C16H17BrN2O6. The Balaban J connectivity index is 2.27. The zero-order valence-electron chi connectivity index (χ0n) is 13.7. The van der Waals surface area contributed by atoms with Crippen LogP contribution in [0.5, 0.6) is 11.5 Å². The molecule has 134 valence electrons. The van der Waals surface area contributed by atoms with Crippen LogP contribution < -0.4 is 20.1 Å². The Morgan fingerprint density at radius 3 is 2.44 bits per heavy atom. The number of benzene rings is 1. The van der Waals surface area contributed by atoms with E-state index >= 15 is 0 Å². The first-order valence-corrected chi connectivity index (χ1v) is 8.32. The zero-order chi connectivity index (χ0) is 18.4. The number of imide groups is 1. The lowest BCUT2D eigenvalue weighted by Gasteiger charge is -2.13. The molecule has 2 N–H and O–H groups in total. The van der Waals surface area contributed by atoms with Gasteiger partial charge in [0.15, 0.2) is 18.1 Å². The number of hydrogen-bond donors (Lipinski definition) is 2. The molecule has 0 bridgehead atoms. The maximum absolute atomic E-state index is 11.6. The first-order chi connectivity index (χ1) is 11.9. The van der Waals surface area contributed by atoms with Gasteiger partial charge in [0.2, 0.25) is 0 Å². The lowest BCUT2D eigenvalue weighted by atomic mass is 10.1. The second kappa shape index (κ2) is 8.52. The van der Waals surface area contributed by atoms with Crippen LogP contribution >= 0.6 is 15.9 Å². The van der Waals surface area contributed by atoms with Gasteiger partial charge in [-0.05, 0) is 37.6 Å². The number of nitrogens with one attached hydrogen (secondary N) is 2. The van der Waals surface area contributed by atoms with Gasteiger partial charge >= 0.3 is 12.0 Å². The highest BCUT2D eigenvalue weighted by atomic mass is 79.9. The van der Waals surface area contributed by atoms with Gasteiger partial charge in [-0.3, -0.25) is 10.1 Å². The van der Waals surface area contributed by atoms with E-state index in [1.807, 2.05) is 0 Å². The molecule has 0 aliphatic carbocycles. The minimum Gasteiger partial charge on any atom is -0.490 e. The van der Waals surface area contributed by atoms with Crippen molar-refractivity contribution in [3.05, 3.63) is 27.9 Å². The van der Waals surface area contributed by atoms with Gasteiger partial charge in [0.25, 0.3) is 5.91 Å². The third-order valence-corrected chi connectivity index (χ3v) is 3.72. The van der Waals surface area contributed by atoms with E-state index in [0.29, 0.717) is 28.1 Å². The fourth-order valence-electron chi connectivity index (χ4n) is 2.02. The monoisotopic (exact) mass is 412 g/mol. The summed E-state index contributed by atoms with van der Waals surface area (Å²) in [5, 5.41) is 4.53. The molecule has 3 amide bonds. The summed E-state index contributed by atoms with van der Waals surface area (Å²) in [6.07, 6.45) is 1.50. The number of esters is 1. The molecule has 0 unspecified atom stereocenters.